The molecule has 2 heterocycles. The smallest absolute Gasteiger partial charge is 0.233 e. The minimum Gasteiger partial charge on any atom is -0.424 e. The first kappa shape index (κ1) is 18.1. The molecule has 0 aliphatic heterocycles. The SMILES string of the molecule is CCCCC[C@@H](CN(O)C=O)c1nnc(Cc2nc3ccccc3[nH]2)o1. The number of carbonyl (C=O) groups excluding carboxylic acids is 1. The number of unbranched alkanes of at least 4 members (excludes halogenated alkanes) is 2. The Labute approximate surface area is 151 Å². The van der Waals surface area contributed by atoms with Gasteiger partial charge in [0.2, 0.25) is 18.2 Å². The van der Waals surface area contributed by atoms with Crippen LogP contribution >= 0.6 is 0 Å². The lowest BCUT2D eigenvalue weighted by Gasteiger charge is -2.16. The Hall–Kier alpha value is -2.74. The summed E-state index contributed by atoms with van der Waals surface area (Å²) in [5.41, 5.74) is 1.85. The second kappa shape index (κ2) is 8.57. The highest BCUT2D eigenvalue weighted by Crippen LogP contribution is 2.23. The predicted molar refractivity (Wildman–Crippen MR) is 94.6 cm³/mol. The summed E-state index contributed by atoms with van der Waals surface area (Å²) >= 11 is 0. The van der Waals surface area contributed by atoms with Gasteiger partial charge >= 0.3 is 0 Å². The molecule has 3 rings (SSSR count). The van der Waals surface area contributed by atoms with Crippen molar-refractivity contribution in [3.05, 3.63) is 41.9 Å². The third-order valence-corrected chi connectivity index (χ3v) is 4.27. The molecule has 138 valence electrons. The van der Waals surface area contributed by atoms with Crippen molar-refractivity contribution in [1.29, 1.82) is 0 Å². The number of fused-ring (bicyclic) bond motifs is 1. The highest BCUT2D eigenvalue weighted by Gasteiger charge is 2.21. The highest BCUT2D eigenvalue weighted by molar-refractivity contribution is 5.74. The molecule has 0 bridgehead atoms. The molecule has 0 radical (unpaired) electrons. The monoisotopic (exact) mass is 357 g/mol. The van der Waals surface area contributed by atoms with Gasteiger partial charge in [-0.25, -0.2) is 10.0 Å². The summed E-state index contributed by atoms with van der Waals surface area (Å²) in [6, 6.07) is 7.79. The van der Waals surface area contributed by atoms with Crippen LogP contribution in [0.5, 0.6) is 0 Å². The Bertz CT molecular complexity index is 811. The van der Waals surface area contributed by atoms with E-state index in [1.807, 2.05) is 24.3 Å². The standard InChI is InChI=1S/C18H23N5O3/c1-2-3-4-7-13(11-23(25)12-24)18-22-21-17(26-18)10-16-19-14-8-5-6-9-15(14)20-16/h5-6,8-9,12-13,25H,2-4,7,10-11H2,1H3,(H,19,20)/t13-/m0/s1. The van der Waals surface area contributed by atoms with Crippen LogP contribution in [0.1, 0.15) is 56.1 Å². The van der Waals surface area contributed by atoms with Crippen molar-refractivity contribution in [1.82, 2.24) is 25.2 Å². The van der Waals surface area contributed by atoms with Crippen molar-refractivity contribution < 1.29 is 14.4 Å². The van der Waals surface area contributed by atoms with Crippen LogP contribution in [0.25, 0.3) is 11.0 Å². The molecule has 0 spiro atoms. The van der Waals surface area contributed by atoms with Gasteiger partial charge < -0.3 is 9.40 Å². The molecule has 26 heavy (non-hydrogen) atoms. The zero-order valence-corrected chi connectivity index (χ0v) is 14.8. The number of rotatable bonds is 10. The van der Waals surface area contributed by atoms with Crippen LogP contribution in [-0.4, -0.2) is 43.4 Å². The zero-order valence-electron chi connectivity index (χ0n) is 14.8. The lowest BCUT2D eigenvalue weighted by Crippen LogP contribution is -2.24. The van der Waals surface area contributed by atoms with Gasteiger partial charge in [-0.15, -0.1) is 10.2 Å². The van der Waals surface area contributed by atoms with Gasteiger partial charge in [-0.3, -0.25) is 10.0 Å². The van der Waals surface area contributed by atoms with E-state index < -0.39 is 0 Å². The topological polar surface area (TPSA) is 108 Å². The zero-order chi connectivity index (χ0) is 18.4. The summed E-state index contributed by atoms with van der Waals surface area (Å²) in [5, 5.41) is 18.4. The molecule has 8 heteroatoms. The molecule has 0 aliphatic carbocycles. The van der Waals surface area contributed by atoms with Crippen LogP contribution in [0.15, 0.2) is 28.7 Å². The summed E-state index contributed by atoms with van der Waals surface area (Å²) in [6.45, 7) is 2.26. The summed E-state index contributed by atoms with van der Waals surface area (Å²) in [4.78, 5) is 18.5. The second-order valence-corrected chi connectivity index (χ2v) is 6.33. The predicted octanol–water partition coefficient (Wildman–Crippen LogP) is 3.05. The fraction of sp³-hybridized carbons (Fsp3) is 0.444. The van der Waals surface area contributed by atoms with Gasteiger partial charge in [0.1, 0.15) is 5.82 Å². The Morgan fingerprint density at radius 3 is 2.92 bits per heavy atom. The number of imidazole rings is 1. The van der Waals surface area contributed by atoms with E-state index in [2.05, 4.69) is 27.1 Å². The maximum Gasteiger partial charge on any atom is 0.233 e. The maximum absolute atomic E-state index is 10.7. The van der Waals surface area contributed by atoms with Gasteiger partial charge in [0.15, 0.2) is 0 Å². The molecular weight excluding hydrogens is 334 g/mol. The van der Waals surface area contributed by atoms with E-state index in [4.69, 9.17) is 4.42 Å². The van der Waals surface area contributed by atoms with Crippen molar-refractivity contribution in [3.8, 4) is 0 Å². The number of para-hydroxylation sites is 2. The van der Waals surface area contributed by atoms with Crippen molar-refractivity contribution >= 4 is 17.4 Å². The van der Waals surface area contributed by atoms with Gasteiger partial charge in [-0.05, 0) is 18.6 Å². The minimum absolute atomic E-state index is 0.138. The van der Waals surface area contributed by atoms with Crippen LogP contribution in [0, 0.1) is 0 Å². The summed E-state index contributed by atoms with van der Waals surface area (Å²) in [7, 11) is 0. The van der Waals surface area contributed by atoms with Gasteiger partial charge in [0.05, 0.1) is 29.9 Å². The third kappa shape index (κ3) is 4.45. The van der Waals surface area contributed by atoms with Crippen molar-refractivity contribution in [2.45, 2.75) is 44.9 Å². The fourth-order valence-corrected chi connectivity index (χ4v) is 2.94. The molecule has 1 atom stereocenters. The molecule has 0 unspecified atom stereocenters. The number of aromatic nitrogens is 4. The van der Waals surface area contributed by atoms with E-state index in [-0.39, 0.29) is 12.5 Å². The fourth-order valence-electron chi connectivity index (χ4n) is 2.94. The number of hydrogen-bond donors (Lipinski definition) is 2. The number of benzene rings is 1. The van der Waals surface area contributed by atoms with Gasteiger partial charge in [0, 0.05) is 0 Å². The molecule has 1 amide bonds. The summed E-state index contributed by atoms with van der Waals surface area (Å²) in [5.74, 6) is 1.46. The molecule has 8 nitrogen and oxygen atoms in total. The normalized spacial score (nSPS) is 12.4. The summed E-state index contributed by atoms with van der Waals surface area (Å²) in [6.07, 6.45) is 4.69. The quantitative estimate of drug-likeness (QED) is 0.250. The van der Waals surface area contributed by atoms with Gasteiger partial charge in [-0.1, -0.05) is 38.3 Å². The number of nitrogens with zero attached hydrogens (tertiary/aromatic N) is 4. The molecule has 0 fully saturated rings. The molecule has 3 aromatic rings. The maximum atomic E-state index is 10.7. The van der Waals surface area contributed by atoms with Crippen molar-refractivity contribution in [3.63, 3.8) is 0 Å². The molecule has 0 saturated carbocycles. The Kier molecular flexibility index (Phi) is 5.96. The second-order valence-electron chi connectivity index (χ2n) is 6.33. The first-order chi connectivity index (χ1) is 12.7. The number of hydrogen-bond acceptors (Lipinski definition) is 6. The minimum atomic E-state index is -0.186. The number of aromatic amines is 1. The third-order valence-electron chi connectivity index (χ3n) is 4.27. The number of nitrogens with one attached hydrogen (secondary N) is 1. The number of carbonyl (C=O) groups is 1. The van der Waals surface area contributed by atoms with Crippen molar-refractivity contribution in [2.75, 3.05) is 6.54 Å². The average Bonchev–Trinajstić information content (AvgIpc) is 3.27. The van der Waals surface area contributed by atoms with Gasteiger partial charge in [0.25, 0.3) is 0 Å². The number of H-pyrrole nitrogens is 1. The highest BCUT2D eigenvalue weighted by atomic mass is 16.5. The summed E-state index contributed by atoms with van der Waals surface area (Å²) < 4.78 is 5.79. The Balaban J connectivity index is 1.71. The average molecular weight is 357 g/mol. The van der Waals surface area contributed by atoms with Crippen LogP contribution in [0.4, 0.5) is 0 Å². The molecule has 2 aromatic heterocycles. The number of hydroxylamine groups is 2. The first-order valence-corrected chi connectivity index (χ1v) is 8.86. The van der Waals surface area contributed by atoms with E-state index in [1.54, 1.807) is 0 Å². The van der Waals surface area contributed by atoms with Gasteiger partial charge in [-0.2, -0.15) is 0 Å². The van der Waals surface area contributed by atoms with E-state index in [9.17, 15) is 10.0 Å². The lowest BCUT2D eigenvalue weighted by atomic mass is 10.0. The Morgan fingerprint density at radius 1 is 1.31 bits per heavy atom. The molecule has 1 aromatic carbocycles. The molecule has 0 saturated heterocycles. The van der Waals surface area contributed by atoms with Crippen LogP contribution in [0.3, 0.4) is 0 Å². The van der Waals surface area contributed by atoms with Crippen LogP contribution < -0.4 is 0 Å². The number of amides is 1. The van der Waals surface area contributed by atoms with Crippen LogP contribution in [-0.2, 0) is 11.2 Å². The lowest BCUT2D eigenvalue weighted by molar-refractivity contribution is -0.151. The van der Waals surface area contributed by atoms with E-state index in [0.29, 0.717) is 29.7 Å². The molecular formula is C18H23N5O3. The van der Waals surface area contributed by atoms with E-state index >= 15 is 0 Å². The molecule has 2 N–H and O–H groups in total. The molecule has 0 aliphatic rings. The van der Waals surface area contributed by atoms with Crippen molar-refractivity contribution in [2.24, 2.45) is 0 Å². The van der Waals surface area contributed by atoms with Crippen LogP contribution in [0.2, 0.25) is 0 Å². The largest absolute Gasteiger partial charge is 0.424 e. The van der Waals surface area contributed by atoms with E-state index in [0.717, 1.165) is 42.5 Å². The Morgan fingerprint density at radius 2 is 2.15 bits per heavy atom. The van der Waals surface area contributed by atoms with E-state index in [1.165, 1.54) is 0 Å². The first-order valence-electron chi connectivity index (χ1n) is 8.86.